The number of halogens is 4. The van der Waals surface area contributed by atoms with Gasteiger partial charge in [0.15, 0.2) is 0 Å². The van der Waals surface area contributed by atoms with Crippen LogP contribution in [0.15, 0.2) is 108 Å². The van der Waals surface area contributed by atoms with Gasteiger partial charge in [-0.2, -0.15) is 13.2 Å². The van der Waals surface area contributed by atoms with Crippen LogP contribution in [-0.4, -0.2) is 44.8 Å². The lowest BCUT2D eigenvalue weighted by Crippen LogP contribution is -2.53. The van der Waals surface area contributed by atoms with Gasteiger partial charge in [0.05, 0.1) is 16.1 Å². The van der Waals surface area contributed by atoms with Gasteiger partial charge >= 0.3 is 6.18 Å². The molecular formula is C33H31ClF3N3O4S. The van der Waals surface area contributed by atoms with E-state index in [1.54, 1.807) is 73.7 Å². The molecule has 0 aliphatic rings. The monoisotopic (exact) mass is 657 g/mol. The van der Waals surface area contributed by atoms with Crippen molar-refractivity contribution in [2.75, 3.05) is 17.9 Å². The first-order valence-electron chi connectivity index (χ1n) is 13.9. The molecule has 12 heteroatoms. The van der Waals surface area contributed by atoms with Gasteiger partial charge in [-0.05, 0) is 60.5 Å². The highest BCUT2D eigenvalue weighted by atomic mass is 35.5. The smallest absolute Gasteiger partial charge is 0.357 e. The number of aryl methyl sites for hydroxylation is 1. The average Bonchev–Trinajstić information content (AvgIpc) is 3.02. The van der Waals surface area contributed by atoms with E-state index in [2.05, 4.69) is 5.32 Å². The molecule has 4 aromatic carbocycles. The van der Waals surface area contributed by atoms with Crippen LogP contribution in [0, 0.1) is 6.92 Å². The molecule has 0 radical (unpaired) electrons. The molecular weight excluding hydrogens is 627 g/mol. The van der Waals surface area contributed by atoms with Gasteiger partial charge in [0.1, 0.15) is 12.6 Å². The molecule has 0 saturated heterocycles. The topological polar surface area (TPSA) is 86.8 Å². The van der Waals surface area contributed by atoms with Crippen molar-refractivity contribution in [3.8, 4) is 0 Å². The summed E-state index contributed by atoms with van der Waals surface area (Å²) in [5, 5.41) is 3.02. The van der Waals surface area contributed by atoms with Crippen LogP contribution in [-0.2, 0) is 38.8 Å². The van der Waals surface area contributed by atoms with Gasteiger partial charge in [-0.3, -0.25) is 13.9 Å². The molecule has 4 rings (SSSR count). The Kier molecular flexibility index (Phi) is 10.6. The predicted octanol–water partition coefficient (Wildman–Crippen LogP) is 6.25. The zero-order chi connectivity index (χ0) is 32.8. The number of nitrogens with zero attached hydrogens (tertiary/aromatic N) is 2. The van der Waals surface area contributed by atoms with Crippen molar-refractivity contribution in [2.24, 2.45) is 0 Å². The van der Waals surface area contributed by atoms with Crippen molar-refractivity contribution in [3.05, 3.63) is 130 Å². The second-order valence-corrected chi connectivity index (χ2v) is 12.6. The summed E-state index contributed by atoms with van der Waals surface area (Å²) >= 11 is 6.06. The summed E-state index contributed by atoms with van der Waals surface area (Å²) in [7, 11) is -3.13. The van der Waals surface area contributed by atoms with E-state index in [0.29, 0.717) is 21.0 Å². The number of likely N-dealkylation sites (N-methyl/N-ethyl adjacent to an activating group) is 1. The Bertz CT molecular complexity index is 1730. The van der Waals surface area contributed by atoms with Crippen LogP contribution >= 0.6 is 11.6 Å². The first-order chi connectivity index (χ1) is 21.3. The van der Waals surface area contributed by atoms with Crippen molar-refractivity contribution in [1.82, 2.24) is 10.2 Å². The lowest BCUT2D eigenvalue weighted by Gasteiger charge is -2.33. The van der Waals surface area contributed by atoms with Crippen LogP contribution in [0.3, 0.4) is 0 Å². The lowest BCUT2D eigenvalue weighted by molar-refractivity contribution is -0.139. The third-order valence-electron chi connectivity index (χ3n) is 7.13. The number of anilines is 1. The molecule has 0 saturated carbocycles. The quantitative estimate of drug-likeness (QED) is 0.207. The number of sulfonamides is 1. The van der Waals surface area contributed by atoms with Crippen LogP contribution in [0.2, 0.25) is 5.02 Å². The SMILES string of the molecule is CNC(=O)C(Cc1ccccc1)N(Cc1ccc(Cl)cc1)C(=O)CN(c1cccc(C(F)(F)F)c1)S(=O)(=O)c1ccc(C)cc1. The van der Waals surface area contributed by atoms with Crippen LogP contribution in [0.4, 0.5) is 18.9 Å². The maximum Gasteiger partial charge on any atom is 0.416 e. The molecule has 1 unspecified atom stereocenters. The fraction of sp³-hybridized carbons (Fsp3) is 0.212. The number of rotatable bonds is 11. The molecule has 4 aromatic rings. The number of nitrogens with one attached hydrogen (secondary N) is 1. The number of carbonyl (C=O) groups excluding carboxylic acids is 2. The fourth-order valence-corrected chi connectivity index (χ4v) is 6.24. The minimum atomic E-state index is -4.76. The van der Waals surface area contributed by atoms with E-state index in [1.807, 2.05) is 0 Å². The van der Waals surface area contributed by atoms with Crippen LogP contribution < -0.4 is 9.62 Å². The zero-order valence-corrected chi connectivity index (χ0v) is 26.0. The summed E-state index contributed by atoms with van der Waals surface area (Å²) in [6, 6.07) is 23.9. The summed E-state index contributed by atoms with van der Waals surface area (Å²) in [6.45, 7) is 0.764. The lowest BCUT2D eigenvalue weighted by atomic mass is 10.0. The molecule has 236 valence electrons. The molecule has 0 fully saturated rings. The van der Waals surface area contributed by atoms with Gasteiger partial charge in [0.2, 0.25) is 11.8 Å². The number of hydrogen-bond donors (Lipinski definition) is 1. The molecule has 0 aromatic heterocycles. The largest absolute Gasteiger partial charge is 0.416 e. The molecule has 1 N–H and O–H groups in total. The zero-order valence-electron chi connectivity index (χ0n) is 24.5. The van der Waals surface area contributed by atoms with Crippen LogP contribution in [0.1, 0.15) is 22.3 Å². The maximum atomic E-state index is 14.3. The van der Waals surface area contributed by atoms with Gasteiger partial charge in [-0.15, -0.1) is 0 Å². The summed E-state index contributed by atoms with van der Waals surface area (Å²) in [5.74, 6) is -1.31. The van der Waals surface area contributed by atoms with E-state index in [1.165, 1.54) is 30.1 Å². The fourth-order valence-electron chi connectivity index (χ4n) is 4.71. The van der Waals surface area contributed by atoms with Gasteiger partial charge in [0, 0.05) is 25.0 Å². The Balaban J connectivity index is 1.82. The van der Waals surface area contributed by atoms with Crippen molar-refractivity contribution in [3.63, 3.8) is 0 Å². The molecule has 2 amide bonds. The number of benzene rings is 4. The van der Waals surface area contributed by atoms with Crippen LogP contribution in [0.5, 0.6) is 0 Å². The molecule has 1 atom stereocenters. The highest BCUT2D eigenvalue weighted by Crippen LogP contribution is 2.33. The minimum absolute atomic E-state index is 0.0914. The Morgan fingerprint density at radius 2 is 1.51 bits per heavy atom. The molecule has 45 heavy (non-hydrogen) atoms. The average molecular weight is 658 g/mol. The molecule has 0 bridgehead atoms. The first kappa shape index (κ1) is 33.5. The Labute approximate surface area is 265 Å². The minimum Gasteiger partial charge on any atom is -0.357 e. The summed E-state index contributed by atoms with van der Waals surface area (Å²) < 4.78 is 69.7. The Hall–Kier alpha value is -4.35. The predicted molar refractivity (Wildman–Crippen MR) is 167 cm³/mol. The van der Waals surface area contributed by atoms with Gasteiger partial charge in [0.25, 0.3) is 10.0 Å². The van der Waals surface area contributed by atoms with Gasteiger partial charge in [-0.1, -0.05) is 77.8 Å². The third kappa shape index (κ3) is 8.43. The number of hydrogen-bond acceptors (Lipinski definition) is 4. The Morgan fingerprint density at radius 3 is 2.11 bits per heavy atom. The highest BCUT2D eigenvalue weighted by molar-refractivity contribution is 7.92. The molecule has 0 aliphatic heterocycles. The number of carbonyl (C=O) groups is 2. The van der Waals surface area contributed by atoms with Crippen molar-refractivity contribution < 1.29 is 31.2 Å². The van der Waals surface area contributed by atoms with Gasteiger partial charge < -0.3 is 10.2 Å². The molecule has 0 heterocycles. The first-order valence-corrected chi connectivity index (χ1v) is 15.7. The molecule has 0 spiro atoms. The Morgan fingerprint density at radius 1 is 0.867 bits per heavy atom. The summed E-state index contributed by atoms with van der Waals surface area (Å²) in [4.78, 5) is 28.6. The highest BCUT2D eigenvalue weighted by Gasteiger charge is 2.36. The summed E-state index contributed by atoms with van der Waals surface area (Å²) in [5.41, 5.74) is 0.662. The van der Waals surface area contributed by atoms with E-state index in [-0.39, 0.29) is 23.5 Å². The number of alkyl halides is 3. The number of amides is 2. The van der Waals surface area contributed by atoms with Crippen molar-refractivity contribution in [2.45, 2.75) is 37.0 Å². The molecule has 7 nitrogen and oxygen atoms in total. The summed E-state index contributed by atoms with van der Waals surface area (Å²) in [6.07, 6.45) is -4.67. The van der Waals surface area contributed by atoms with E-state index in [4.69, 9.17) is 11.6 Å². The van der Waals surface area contributed by atoms with E-state index in [0.717, 1.165) is 23.3 Å². The van der Waals surface area contributed by atoms with E-state index >= 15 is 0 Å². The van der Waals surface area contributed by atoms with E-state index in [9.17, 15) is 31.2 Å². The van der Waals surface area contributed by atoms with Crippen molar-refractivity contribution >= 4 is 39.1 Å². The van der Waals surface area contributed by atoms with E-state index < -0.39 is 46.2 Å². The molecule has 0 aliphatic carbocycles. The maximum absolute atomic E-state index is 14.3. The second kappa shape index (κ2) is 14.2. The standard InChI is InChI=1S/C33H31ClF3N3O4S/c1-23-11-17-29(18-12-23)45(43,44)40(28-10-6-9-26(20-28)33(35,36)37)22-31(41)39(21-25-13-15-27(34)16-14-25)30(32(42)38-2)19-24-7-4-3-5-8-24/h3-18,20,30H,19,21-22H2,1-2H3,(H,38,42). The van der Waals surface area contributed by atoms with Crippen molar-refractivity contribution in [1.29, 1.82) is 0 Å². The third-order valence-corrected chi connectivity index (χ3v) is 9.17. The van der Waals surface area contributed by atoms with Crippen LogP contribution in [0.25, 0.3) is 0 Å². The van der Waals surface area contributed by atoms with Gasteiger partial charge in [-0.25, -0.2) is 8.42 Å². The second-order valence-electron chi connectivity index (χ2n) is 10.3. The normalized spacial score (nSPS) is 12.3.